The normalized spacial score (nSPS) is 11.4. The summed E-state index contributed by atoms with van der Waals surface area (Å²) in [6.07, 6.45) is 0. The molecule has 3 heteroatoms. The molecule has 3 nitrogen and oxygen atoms in total. The summed E-state index contributed by atoms with van der Waals surface area (Å²) in [7, 11) is 0. The number of nitrogens with zero attached hydrogens (tertiary/aromatic N) is 3. The largest absolute Gasteiger partial charge is 0.208 e. The van der Waals surface area contributed by atoms with E-state index in [1.165, 1.54) is 32.7 Å². The minimum atomic E-state index is 0.627. The van der Waals surface area contributed by atoms with Gasteiger partial charge in [-0.1, -0.05) is 194 Å². The van der Waals surface area contributed by atoms with Crippen LogP contribution >= 0.6 is 0 Å². The highest BCUT2D eigenvalue weighted by atomic mass is 15.0. The molecule has 0 saturated carbocycles. The Morgan fingerprint density at radius 1 is 0.224 bits per heavy atom. The van der Waals surface area contributed by atoms with Gasteiger partial charge in [-0.25, -0.2) is 15.0 Å². The number of hydrogen-bond acceptors (Lipinski definition) is 3. The highest BCUT2D eigenvalue weighted by molar-refractivity contribution is 6.04. The summed E-state index contributed by atoms with van der Waals surface area (Å²) in [6, 6.07) is 75.4. The minimum absolute atomic E-state index is 0.627. The van der Waals surface area contributed by atoms with Gasteiger partial charge >= 0.3 is 0 Å². The SMILES string of the molecule is c1ccc(-c2ccc3ccccc3c2-c2nc(-c3cccc(-c4ccc5cc(-c6cccc7ccccc67)ccc5c4)c3)nc(-c3cccc4ccccc34)n2)cc1. The van der Waals surface area contributed by atoms with Gasteiger partial charge in [0, 0.05) is 16.7 Å². The van der Waals surface area contributed by atoms with Gasteiger partial charge in [-0.2, -0.15) is 0 Å². The molecule has 0 amide bonds. The lowest BCUT2D eigenvalue weighted by atomic mass is 9.93. The van der Waals surface area contributed by atoms with Gasteiger partial charge in [0.1, 0.15) is 0 Å². The van der Waals surface area contributed by atoms with Crippen LogP contribution in [0.2, 0.25) is 0 Å². The zero-order valence-electron chi connectivity index (χ0n) is 31.5. The predicted octanol–water partition coefficient (Wildman–Crippen LogP) is 14.5. The van der Waals surface area contributed by atoms with Gasteiger partial charge in [0.25, 0.3) is 0 Å². The van der Waals surface area contributed by atoms with E-state index in [4.69, 9.17) is 15.0 Å². The van der Waals surface area contributed by atoms with Gasteiger partial charge in [-0.15, -0.1) is 0 Å². The van der Waals surface area contributed by atoms with Crippen molar-refractivity contribution >= 4 is 43.1 Å². The molecule has 11 rings (SSSR count). The van der Waals surface area contributed by atoms with E-state index in [1.807, 2.05) is 0 Å². The van der Waals surface area contributed by atoms with Crippen LogP contribution in [0.15, 0.2) is 212 Å². The summed E-state index contributed by atoms with van der Waals surface area (Å²) in [6.45, 7) is 0. The highest BCUT2D eigenvalue weighted by Crippen LogP contribution is 2.39. The van der Waals surface area contributed by atoms with E-state index >= 15 is 0 Å². The second-order valence-corrected chi connectivity index (χ2v) is 14.8. The fourth-order valence-electron chi connectivity index (χ4n) is 8.44. The average molecular weight is 738 g/mol. The van der Waals surface area contributed by atoms with E-state index < -0.39 is 0 Å². The lowest BCUT2D eigenvalue weighted by Crippen LogP contribution is -2.02. The molecular formula is C55H35N3. The Morgan fingerprint density at radius 2 is 0.707 bits per heavy atom. The average Bonchev–Trinajstić information content (AvgIpc) is 3.30. The molecule has 0 N–H and O–H groups in total. The van der Waals surface area contributed by atoms with Crippen molar-refractivity contribution in [3.8, 4) is 67.5 Å². The molecule has 1 aromatic heterocycles. The predicted molar refractivity (Wildman–Crippen MR) is 242 cm³/mol. The number of fused-ring (bicyclic) bond motifs is 4. The van der Waals surface area contributed by atoms with Gasteiger partial charge in [0.15, 0.2) is 17.5 Å². The quantitative estimate of drug-likeness (QED) is 0.171. The standard InChI is InChI=1S/C55H35N3/c1-2-13-38(14-3-1)50-32-31-39-17-6-9-24-49(39)52(50)55-57-53(56-54(58-55)51-26-12-19-37-16-5-8-23-47(37)51)45-21-10-20-40(35-45)41-27-28-43-34-44(30-29-42(43)33-41)48-25-11-18-36-15-4-7-22-46(36)48/h1-35H. The van der Waals surface area contributed by atoms with Crippen LogP contribution in [-0.2, 0) is 0 Å². The Bertz CT molecular complexity index is 3340. The van der Waals surface area contributed by atoms with Crippen molar-refractivity contribution in [2.75, 3.05) is 0 Å². The zero-order valence-corrected chi connectivity index (χ0v) is 31.5. The third kappa shape index (κ3) is 5.98. The first-order valence-electron chi connectivity index (χ1n) is 19.7. The topological polar surface area (TPSA) is 38.7 Å². The van der Waals surface area contributed by atoms with Crippen LogP contribution in [0.25, 0.3) is 111 Å². The molecule has 0 spiro atoms. The van der Waals surface area contributed by atoms with Gasteiger partial charge in [0.05, 0.1) is 0 Å². The van der Waals surface area contributed by atoms with Gasteiger partial charge in [-0.05, 0) is 94.7 Å². The van der Waals surface area contributed by atoms with Gasteiger partial charge < -0.3 is 0 Å². The van der Waals surface area contributed by atoms with Crippen molar-refractivity contribution < 1.29 is 0 Å². The molecule has 0 fully saturated rings. The van der Waals surface area contributed by atoms with Crippen LogP contribution < -0.4 is 0 Å². The molecule has 0 bridgehead atoms. The number of aromatic nitrogens is 3. The maximum atomic E-state index is 5.34. The van der Waals surface area contributed by atoms with Crippen molar-refractivity contribution in [3.05, 3.63) is 212 Å². The van der Waals surface area contributed by atoms with Crippen molar-refractivity contribution in [3.63, 3.8) is 0 Å². The first kappa shape index (κ1) is 33.6. The molecule has 0 unspecified atom stereocenters. The number of benzene rings is 10. The Labute approximate surface area is 336 Å². The minimum Gasteiger partial charge on any atom is -0.208 e. The number of hydrogen-bond donors (Lipinski definition) is 0. The van der Waals surface area contributed by atoms with E-state index in [0.717, 1.165) is 60.5 Å². The molecule has 0 atom stereocenters. The Hall–Kier alpha value is -7.75. The maximum absolute atomic E-state index is 5.34. The summed E-state index contributed by atoms with van der Waals surface area (Å²) in [5.74, 6) is 1.91. The maximum Gasteiger partial charge on any atom is 0.165 e. The van der Waals surface area contributed by atoms with Crippen LogP contribution in [0.4, 0.5) is 0 Å². The Morgan fingerprint density at radius 3 is 1.47 bits per heavy atom. The summed E-state index contributed by atoms with van der Waals surface area (Å²) < 4.78 is 0. The van der Waals surface area contributed by atoms with Crippen molar-refractivity contribution in [2.24, 2.45) is 0 Å². The smallest absolute Gasteiger partial charge is 0.165 e. The summed E-state index contributed by atoms with van der Waals surface area (Å²) >= 11 is 0. The summed E-state index contributed by atoms with van der Waals surface area (Å²) in [4.78, 5) is 15.9. The molecule has 270 valence electrons. The second kappa shape index (κ2) is 14.1. The van der Waals surface area contributed by atoms with E-state index in [0.29, 0.717) is 17.5 Å². The number of rotatable bonds is 6. The third-order valence-corrected chi connectivity index (χ3v) is 11.3. The lowest BCUT2D eigenvalue weighted by molar-refractivity contribution is 1.08. The monoisotopic (exact) mass is 737 g/mol. The molecule has 0 radical (unpaired) electrons. The fraction of sp³-hybridized carbons (Fsp3) is 0. The molecule has 10 aromatic carbocycles. The van der Waals surface area contributed by atoms with Crippen LogP contribution in [0.3, 0.4) is 0 Å². The molecule has 0 aliphatic heterocycles. The molecule has 0 saturated heterocycles. The van der Waals surface area contributed by atoms with Crippen molar-refractivity contribution in [1.29, 1.82) is 0 Å². The second-order valence-electron chi connectivity index (χ2n) is 14.8. The van der Waals surface area contributed by atoms with Crippen molar-refractivity contribution in [1.82, 2.24) is 15.0 Å². The Kier molecular flexibility index (Phi) is 8.15. The van der Waals surface area contributed by atoms with Gasteiger partial charge in [0.2, 0.25) is 0 Å². The van der Waals surface area contributed by atoms with Crippen molar-refractivity contribution in [2.45, 2.75) is 0 Å². The van der Waals surface area contributed by atoms with E-state index in [1.54, 1.807) is 0 Å². The van der Waals surface area contributed by atoms with E-state index in [2.05, 4.69) is 212 Å². The van der Waals surface area contributed by atoms with Crippen LogP contribution in [-0.4, -0.2) is 15.0 Å². The first-order chi connectivity index (χ1) is 28.7. The summed E-state index contributed by atoms with van der Waals surface area (Å²) in [5.41, 5.74) is 9.77. The third-order valence-electron chi connectivity index (χ3n) is 11.3. The molecule has 0 aliphatic carbocycles. The van der Waals surface area contributed by atoms with E-state index in [-0.39, 0.29) is 0 Å². The van der Waals surface area contributed by atoms with Crippen LogP contribution in [0.1, 0.15) is 0 Å². The fourth-order valence-corrected chi connectivity index (χ4v) is 8.44. The van der Waals surface area contributed by atoms with Crippen LogP contribution in [0, 0.1) is 0 Å². The molecule has 0 aliphatic rings. The summed E-state index contributed by atoms with van der Waals surface area (Å²) in [5, 5.41) is 9.38. The molecular weight excluding hydrogens is 703 g/mol. The highest BCUT2D eigenvalue weighted by Gasteiger charge is 2.20. The van der Waals surface area contributed by atoms with Crippen LogP contribution in [0.5, 0.6) is 0 Å². The van der Waals surface area contributed by atoms with Gasteiger partial charge in [-0.3, -0.25) is 0 Å². The van der Waals surface area contributed by atoms with E-state index in [9.17, 15) is 0 Å². The molecule has 1 heterocycles. The zero-order chi connectivity index (χ0) is 38.4. The first-order valence-corrected chi connectivity index (χ1v) is 19.7. The lowest BCUT2D eigenvalue weighted by Gasteiger charge is -2.15. The molecule has 58 heavy (non-hydrogen) atoms. The molecule has 11 aromatic rings. The Balaban J connectivity index is 1.06.